The van der Waals surface area contributed by atoms with Crippen molar-refractivity contribution >= 4 is 5.91 Å². The number of carbonyl (C=O) groups excluding carboxylic acids is 1. The fourth-order valence-electron chi connectivity index (χ4n) is 2.72. The Hall–Kier alpha value is -0.570. The Morgan fingerprint density at radius 1 is 1.38 bits per heavy atom. The number of likely N-dealkylation sites (tertiary alicyclic amines) is 1. The molecule has 3 heteroatoms. The first-order chi connectivity index (χ1) is 7.49. The molecule has 3 atom stereocenters. The molecule has 0 bridgehead atoms. The molecule has 2 rings (SSSR count). The lowest BCUT2D eigenvalue weighted by molar-refractivity contribution is -0.138. The van der Waals surface area contributed by atoms with Gasteiger partial charge in [0.15, 0.2) is 0 Å². The van der Waals surface area contributed by atoms with Gasteiger partial charge in [-0.3, -0.25) is 4.79 Å². The number of carbonyl (C=O) groups is 1. The van der Waals surface area contributed by atoms with E-state index in [9.17, 15) is 4.79 Å². The monoisotopic (exact) mass is 224 g/mol. The smallest absolute Gasteiger partial charge is 0.240 e. The second kappa shape index (κ2) is 4.02. The van der Waals surface area contributed by atoms with Crippen LogP contribution in [-0.2, 0) is 4.79 Å². The predicted molar refractivity (Wildman–Crippen MR) is 65.1 cm³/mol. The molecule has 0 aromatic rings. The Morgan fingerprint density at radius 2 is 2.06 bits per heavy atom. The van der Waals surface area contributed by atoms with E-state index in [1.54, 1.807) is 0 Å². The van der Waals surface area contributed by atoms with Gasteiger partial charge in [-0.15, -0.1) is 0 Å². The molecule has 2 aliphatic rings. The lowest BCUT2D eigenvalue weighted by Gasteiger charge is -2.39. The van der Waals surface area contributed by atoms with Gasteiger partial charge in [-0.2, -0.15) is 0 Å². The highest BCUT2D eigenvalue weighted by Gasteiger charge is 2.47. The molecule has 0 aromatic carbocycles. The van der Waals surface area contributed by atoms with E-state index >= 15 is 0 Å². The molecule has 1 aliphatic heterocycles. The third-order valence-corrected chi connectivity index (χ3v) is 4.53. The molecule has 1 aliphatic carbocycles. The number of hydrogen-bond donors (Lipinski definition) is 1. The molecule has 92 valence electrons. The van der Waals surface area contributed by atoms with Gasteiger partial charge in [0, 0.05) is 12.1 Å². The number of fused-ring (bicyclic) bond motifs is 1. The number of likely N-dealkylation sites (N-methyl/N-ethyl adjacent to an activating group) is 1. The van der Waals surface area contributed by atoms with Crippen molar-refractivity contribution in [1.82, 2.24) is 10.2 Å². The van der Waals surface area contributed by atoms with Crippen LogP contribution in [0.15, 0.2) is 0 Å². The topological polar surface area (TPSA) is 32.3 Å². The van der Waals surface area contributed by atoms with Crippen molar-refractivity contribution in [3.63, 3.8) is 0 Å². The number of hydrogen-bond acceptors (Lipinski definition) is 2. The Labute approximate surface area is 98.6 Å². The summed E-state index contributed by atoms with van der Waals surface area (Å²) in [6.07, 6.45) is 3.38. The van der Waals surface area contributed by atoms with Crippen molar-refractivity contribution < 1.29 is 4.79 Å². The van der Waals surface area contributed by atoms with E-state index in [0.29, 0.717) is 5.91 Å². The summed E-state index contributed by atoms with van der Waals surface area (Å²) in [7, 11) is 1.91. The van der Waals surface area contributed by atoms with Crippen LogP contribution in [-0.4, -0.2) is 36.0 Å². The lowest BCUT2D eigenvalue weighted by atomic mass is 9.97. The first-order valence-corrected chi connectivity index (χ1v) is 6.48. The zero-order valence-electron chi connectivity index (χ0n) is 10.9. The molecule has 3 nitrogen and oxygen atoms in total. The molecule has 16 heavy (non-hydrogen) atoms. The summed E-state index contributed by atoms with van der Waals surface area (Å²) in [5, 5.41) is 3.19. The standard InChI is InChI=1S/C13H24N2O/c1-5-13(2,3)15-8-10-6-9(10)7-11(14-4)12(15)16/h9-11,14H,5-8H2,1-4H3. The molecule has 1 saturated heterocycles. The highest BCUT2D eigenvalue weighted by molar-refractivity contribution is 5.83. The van der Waals surface area contributed by atoms with Crippen molar-refractivity contribution in [2.75, 3.05) is 13.6 Å². The minimum atomic E-state index is 0.00363. The maximum Gasteiger partial charge on any atom is 0.240 e. The van der Waals surface area contributed by atoms with Crippen LogP contribution in [0, 0.1) is 11.8 Å². The molecule has 0 spiro atoms. The average Bonchev–Trinajstić information content (AvgIpc) is 2.99. The Bertz CT molecular complexity index is 288. The number of amides is 1. The maximum absolute atomic E-state index is 12.4. The molecule has 0 radical (unpaired) electrons. The van der Waals surface area contributed by atoms with Crippen LogP contribution < -0.4 is 5.32 Å². The Kier molecular flexibility index (Phi) is 2.99. The maximum atomic E-state index is 12.4. The van der Waals surface area contributed by atoms with E-state index in [0.717, 1.165) is 31.2 Å². The molecule has 3 unspecified atom stereocenters. The van der Waals surface area contributed by atoms with Crippen LogP contribution in [0.3, 0.4) is 0 Å². The van der Waals surface area contributed by atoms with Crippen molar-refractivity contribution in [3.8, 4) is 0 Å². The largest absolute Gasteiger partial charge is 0.336 e. The molecule has 1 amide bonds. The van der Waals surface area contributed by atoms with E-state index in [-0.39, 0.29) is 11.6 Å². The first kappa shape index (κ1) is 11.9. The van der Waals surface area contributed by atoms with E-state index in [2.05, 4.69) is 31.0 Å². The third kappa shape index (κ3) is 1.97. The number of nitrogens with zero attached hydrogens (tertiary/aromatic N) is 1. The van der Waals surface area contributed by atoms with Crippen LogP contribution in [0.2, 0.25) is 0 Å². The van der Waals surface area contributed by atoms with Gasteiger partial charge in [0.05, 0.1) is 6.04 Å². The Balaban J connectivity index is 2.18. The summed E-state index contributed by atoms with van der Waals surface area (Å²) in [5.74, 6) is 1.87. The first-order valence-electron chi connectivity index (χ1n) is 6.48. The molecular weight excluding hydrogens is 200 g/mol. The fraction of sp³-hybridized carbons (Fsp3) is 0.923. The minimum absolute atomic E-state index is 0.00363. The zero-order valence-corrected chi connectivity index (χ0v) is 10.9. The van der Waals surface area contributed by atoms with Crippen LogP contribution in [0.1, 0.15) is 40.0 Å². The summed E-state index contributed by atoms with van der Waals surface area (Å²) in [6.45, 7) is 7.50. The predicted octanol–water partition coefficient (Wildman–Crippen LogP) is 1.63. The van der Waals surface area contributed by atoms with Gasteiger partial charge in [0.25, 0.3) is 0 Å². The van der Waals surface area contributed by atoms with Crippen LogP contribution >= 0.6 is 0 Å². The molecule has 2 fully saturated rings. The van der Waals surface area contributed by atoms with Crippen LogP contribution in [0.25, 0.3) is 0 Å². The highest BCUT2D eigenvalue weighted by Crippen LogP contribution is 2.46. The molecule has 1 saturated carbocycles. The molecule has 1 heterocycles. The normalized spacial score (nSPS) is 34.6. The van der Waals surface area contributed by atoms with E-state index < -0.39 is 0 Å². The van der Waals surface area contributed by atoms with E-state index in [4.69, 9.17) is 0 Å². The number of nitrogens with one attached hydrogen (secondary N) is 1. The van der Waals surface area contributed by atoms with Gasteiger partial charge in [0.1, 0.15) is 0 Å². The second-order valence-corrected chi connectivity index (χ2v) is 5.95. The SMILES string of the molecule is CCC(C)(C)N1CC2CC2CC(NC)C1=O. The Morgan fingerprint density at radius 3 is 2.62 bits per heavy atom. The quantitative estimate of drug-likeness (QED) is 0.790. The summed E-state index contributed by atoms with van der Waals surface area (Å²) >= 11 is 0. The van der Waals surface area contributed by atoms with Gasteiger partial charge in [-0.05, 0) is 52.0 Å². The molecule has 1 N–H and O–H groups in total. The highest BCUT2D eigenvalue weighted by atomic mass is 16.2. The van der Waals surface area contributed by atoms with E-state index in [1.165, 1.54) is 6.42 Å². The lowest BCUT2D eigenvalue weighted by Crippen LogP contribution is -2.53. The summed E-state index contributed by atoms with van der Waals surface area (Å²) < 4.78 is 0. The van der Waals surface area contributed by atoms with Crippen molar-refractivity contribution in [1.29, 1.82) is 0 Å². The second-order valence-electron chi connectivity index (χ2n) is 5.95. The molecular formula is C13H24N2O. The minimum Gasteiger partial charge on any atom is -0.336 e. The van der Waals surface area contributed by atoms with Crippen molar-refractivity contribution in [2.24, 2.45) is 11.8 Å². The van der Waals surface area contributed by atoms with Crippen molar-refractivity contribution in [3.05, 3.63) is 0 Å². The van der Waals surface area contributed by atoms with Gasteiger partial charge < -0.3 is 10.2 Å². The van der Waals surface area contributed by atoms with Crippen LogP contribution in [0.4, 0.5) is 0 Å². The van der Waals surface area contributed by atoms with Crippen molar-refractivity contribution in [2.45, 2.75) is 51.6 Å². The fourth-order valence-corrected chi connectivity index (χ4v) is 2.72. The third-order valence-electron chi connectivity index (χ3n) is 4.53. The summed E-state index contributed by atoms with van der Waals surface area (Å²) in [4.78, 5) is 14.5. The summed E-state index contributed by atoms with van der Waals surface area (Å²) in [6, 6.07) is 0.0447. The molecule has 0 aromatic heterocycles. The van der Waals surface area contributed by atoms with Gasteiger partial charge in [-0.25, -0.2) is 0 Å². The van der Waals surface area contributed by atoms with Gasteiger partial charge in [0.2, 0.25) is 5.91 Å². The van der Waals surface area contributed by atoms with Gasteiger partial charge in [-0.1, -0.05) is 6.92 Å². The zero-order chi connectivity index (χ0) is 11.9. The van der Waals surface area contributed by atoms with Crippen LogP contribution in [0.5, 0.6) is 0 Å². The number of rotatable bonds is 3. The average molecular weight is 224 g/mol. The van der Waals surface area contributed by atoms with E-state index in [1.807, 2.05) is 7.05 Å². The summed E-state index contributed by atoms with van der Waals surface area (Å²) in [5.41, 5.74) is 0.00363. The van der Waals surface area contributed by atoms with Gasteiger partial charge >= 0.3 is 0 Å².